The zero-order valence-corrected chi connectivity index (χ0v) is 12.3. The number of aromatic hydroxyl groups is 1. The van der Waals surface area contributed by atoms with Crippen molar-refractivity contribution in [1.82, 2.24) is 4.90 Å². The van der Waals surface area contributed by atoms with Gasteiger partial charge in [0.15, 0.2) is 6.29 Å². The minimum absolute atomic E-state index is 0.00755. The fourth-order valence-electron chi connectivity index (χ4n) is 2.13. The summed E-state index contributed by atoms with van der Waals surface area (Å²) in [6.07, 6.45) is 0.635. The van der Waals surface area contributed by atoms with Gasteiger partial charge in [-0.25, -0.2) is 0 Å². The third-order valence-corrected chi connectivity index (χ3v) is 3.33. The van der Waals surface area contributed by atoms with E-state index in [1.807, 2.05) is 18.2 Å². The van der Waals surface area contributed by atoms with E-state index < -0.39 is 0 Å². The second-order valence-corrected chi connectivity index (χ2v) is 5.13. The van der Waals surface area contributed by atoms with Crippen LogP contribution in [0.4, 0.5) is 0 Å². The molecule has 21 heavy (non-hydrogen) atoms. The molecule has 108 valence electrons. The molecule has 0 atom stereocenters. The number of phenols is 1. The molecule has 0 saturated carbocycles. The molecule has 0 unspecified atom stereocenters. The van der Waals surface area contributed by atoms with Crippen molar-refractivity contribution >= 4 is 12.2 Å². The maximum absolute atomic E-state index is 11.8. The van der Waals surface area contributed by atoms with Gasteiger partial charge < -0.3 is 10.0 Å². The van der Waals surface area contributed by atoms with Crippen LogP contribution in [-0.4, -0.2) is 36.3 Å². The molecule has 2 rings (SSSR count). The highest BCUT2D eigenvalue weighted by Gasteiger charge is 2.10. The van der Waals surface area contributed by atoms with Crippen LogP contribution in [0.1, 0.15) is 26.3 Å². The van der Waals surface area contributed by atoms with Crippen molar-refractivity contribution in [1.29, 1.82) is 0 Å². The Morgan fingerprint density at radius 1 is 1.10 bits per heavy atom. The van der Waals surface area contributed by atoms with E-state index >= 15 is 0 Å². The second-order valence-electron chi connectivity index (χ2n) is 5.13. The first-order chi connectivity index (χ1) is 9.93. The molecule has 0 bridgehead atoms. The van der Waals surface area contributed by atoms with Gasteiger partial charge in [-0.2, -0.15) is 0 Å². The second kappa shape index (κ2) is 5.79. The van der Waals surface area contributed by atoms with Gasteiger partial charge in [-0.15, -0.1) is 0 Å². The van der Waals surface area contributed by atoms with Crippen LogP contribution in [0.3, 0.4) is 0 Å². The minimum atomic E-state index is -0.0583. The van der Waals surface area contributed by atoms with E-state index in [0.717, 1.165) is 11.1 Å². The van der Waals surface area contributed by atoms with Crippen LogP contribution in [0, 0.1) is 6.92 Å². The van der Waals surface area contributed by atoms with E-state index in [1.165, 1.54) is 4.90 Å². The van der Waals surface area contributed by atoms with Gasteiger partial charge in [-0.1, -0.05) is 12.1 Å². The summed E-state index contributed by atoms with van der Waals surface area (Å²) in [5, 5.41) is 9.77. The van der Waals surface area contributed by atoms with Crippen molar-refractivity contribution in [3.05, 3.63) is 53.1 Å². The summed E-state index contributed by atoms with van der Waals surface area (Å²) in [6, 6.07) is 10.6. The lowest BCUT2D eigenvalue weighted by molar-refractivity contribution is 0.0827. The molecule has 0 aliphatic rings. The van der Waals surface area contributed by atoms with Crippen LogP contribution < -0.4 is 0 Å². The van der Waals surface area contributed by atoms with E-state index in [9.17, 15) is 14.7 Å². The number of hydrogen-bond donors (Lipinski definition) is 1. The van der Waals surface area contributed by atoms with Crippen molar-refractivity contribution in [2.24, 2.45) is 0 Å². The zero-order valence-electron chi connectivity index (χ0n) is 12.3. The number of carbonyl (C=O) groups is 2. The molecule has 1 amide bonds. The average molecular weight is 283 g/mol. The van der Waals surface area contributed by atoms with Gasteiger partial charge in [-0.05, 0) is 47.9 Å². The number of hydrogen-bond acceptors (Lipinski definition) is 3. The van der Waals surface area contributed by atoms with Crippen molar-refractivity contribution < 1.29 is 14.7 Å². The molecule has 0 radical (unpaired) electrons. The van der Waals surface area contributed by atoms with Gasteiger partial charge in [0.2, 0.25) is 0 Å². The van der Waals surface area contributed by atoms with Gasteiger partial charge >= 0.3 is 0 Å². The van der Waals surface area contributed by atoms with E-state index in [2.05, 4.69) is 0 Å². The normalized spacial score (nSPS) is 10.2. The van der Waals surface area contributed by atoms with E-state index in [0.29, 0.717) is 17.4 Å². The Morgan fingerprint density at radius 3 is 2.24 bits per heavy atom. The number of nitrogens with zero attached hydrogens (tertiary/aromatic N) is 1. The number of aldehydes is 1. The number of amides is 1. The Labute approximate surface area is 123 Å². The predicted molar refractivity (Wildman–Crippen MR) is 81.7 cm³/mol. The summed E-state index contributed by atoms with van der Waals surface area (Å²) in [5.74, 6) is -0.0508. The summed E-state index contributed by atoms with van der Waals surface area (Å²) in [4.78, 5) is 24.3. The van der Waals surface area contributed by atoms with Crippen LogP contribution in [-0.2, 0) is 0 Å². The highest BCUT2D eigenvalue weighted by Crippen LogP contribution is 2.29. The predicted octanol–water partition coefficient (Wildman–Crippen LogP) is 2.88. The summed E-state index contributed by atoms with van der Waals surface area (Å²) < 4.78 is 0. The quantitative estimate of drug-likeness (QED) is 0.881. The highest BCUT2D eigenvalue weighted by molar-refractivity contribution is 5.94. The first-order valence-corrected chi connectivity index (χ1v) is 6.55. The molecule has 0 heterocycles. The number of carbonyl (C=O) groups excluding carboxylic acids is 2. The molecule has 0 aromatic heterocycles. The Bertz CT molecular complexity index is 688. The van der Waals surface area contributed by atoms with Gasteiger partial charge in [0.1, 0.15) is 5.75 Å². The van der Waals surface area contributed by atoms with Gasteiger partial charge in [0.25, 0.3) is 5.91 Å². The topological polar surface area (TPSA) is 57.6 Å². The molecule has 0 aliphatic heterocycles. The van der Waals surface area contributed by atoms with E-state index in [-0.39, 0.29) is 17.2 Å². The average Bonchev–Trinajstić information content (AvgIpc) is 2.49. The molecule has 0 spiro atoms. The zero-order chi connectivity index (χ0) is 15.6. The number of benzene rings is 2. The summed E-state index contributed by atoms with van der Waals surface area (Å²) in [5.41, 5.74) is 3.23. The van der Waals surface area contributed by atoms with E-state index in [4.69, 9.17) is 0 Å². The molecule has 0 aliphatic carbocycles. The lowest BCUT2D eigenvalue weighted by Crippen LogP contribution is -2.21. The number of aryl methyl sites for hydroxylation is 1. The molecule has 4 heteroatoms. The van der Waals surface area contributed by atoms with Gasteiger partial charge in [0.05, 0.1) is 5.56 Å². The molecule has 1 N–H and O–H groups in total. The van der Waals surface area contributed by atoms with Crippen molar-refractivity contribution in [3.63, 3.8) is 0 Å². The first-order valence-electron chi connectivity index (χ1n) is 6.55. The molecule has 0 saturated heterocycles. The van der Waals surface area contributed by atoms with E-state index in [1.54, 1.807) is 39.2 Å². The lowest BCUT2D eigenvalue weighted by Gasteiger charge is -2.11. The maximum Gasteiger partial charge on any atom is 0.253 e. The van der Waals surface area contributed by atoms with Crippen molar-refractivity contribution in [2.75, 3.05) is 14.1 Å². The number of rotatable bonds is 3. The van der Waals surface area contributed by atoms with Crippen molar-refractivity contribution in [3.8, 4) is 16.9 Å². The molecule has 4 nitrogen and oxygen atoms in total. The summed E-state index contributed by atoms with van der Waals surface area (Å²) >= 11 is 0. The number of phenolic OH excluding ortho intramolecular Hbond substituents is 1. The fourth-order valence-corrected chi connectivity index (χ4v) is 2.13. The Hall–Kier alpha value is -2.62. The molecular weight excluding hydrogens is 266 g/mol. The van der Waals surface area contributed by atoms with Crippen LogP contribution in [0.25, 0.3) is 11.1 Å². The maximum atomic E-state index is 11.8. The van der Waals surface area contributed by atoms with Crippen molar-refractivity contribution in [2.45, 2.75) is 6.92 Å². The fraction of sp³-hybridized carbons (Fsp3) is 0.176. The summed E-state index contributed by atoms with van der Waals surface area (Å²) in [6.45, 7) is 1.75. The van der Waals surface area contributed by atoms with Gasteiger partial charge in [-0.3, -0.25) is 9.59 Å². The third kappa shape index (κ3) is 2.94. The van der Waals surface area contributed by atoms with Crippen LogP contribution in [0.5, 0.6) is 5.75 Å². The lowest BCUT2D eigenvalue weighted by atomic mass is 9.98. The highest BCUT2D eigenvalue weighted by atomic mass is 16.3. The van der Waals surface area contributed by atoms with Gasteiger partial charge in [0, 0.05) is 19.7 Å². The van der Waals surface area contributed by atoms with Crippen LogP contribution in [0.15, 0.2) is 36.4 Å². The smallest absolute Gasteiger partial charge is 0.253 e. The molecule has 2 aromatic carbocycles. The molecule has 0 fully saturated rings. The Balaban J connectivity index is 2.42. The first kappa shape index (κ1) is 14.8. The Kier molecular flexibility index (Phi) is 4.08. The van der Waals surface area contributed by atoms with Crippen LogP contribution >= 0.6 is 0 Å². The molecular formula is C17H17NO3. The minimum Gasteiger partial charge on any atom is -0.507 e. The monoisotopic (exact) mass is 283 g/mol. The third-order valence-electron chi connectivity index (χ3n) is 3.33. The SMILES string of the molecule is Cc1cc(-c2ccc(C(=O)N(C)C)cc2)cc(C=O)c1O. The summed E-state index contributed by atoms with van der Waals surface area (Å²) in [7, 11) is 3.41. The Morgan fingerprint density at radius 2 is 1.71 bits per heavy atom. The largest absolute Gasteiger partial charge is 0.507 e. The standard InChI is InChI=1S/C17H17NO3/c1-11-8-14(9-15(10-19)16(11)20)12-4-6-13(7-5-12)17(21)18(2)3/h4-10,20H,1-3H3. The van der Waals surface area contributed by atoms with Crippen LogP contribution in [0.2, 0.25) is 0 Å². The molecule has 2 aromatic rings.